The molecule has 3 rings (SSSR count). The normalized spacial score (nSPS) is 17.6. The van der Waals surface area contributed by atoms with Crippen molar-refractivity contribution in [1.29, 1.82) is 0 Å². The van der Waals surface area contributed by atoms with Gasteiger partial charge < -0.3 is 10.5 Å². The van der Waals surface area contributed by atoms with E-state index in [9.17, 15) is 0 Å². The van der Waals surface area contributed by atoms with Crippen LogP contribution in [0.25, 0.3) is 0 Å². The first-order chi connectivity index (χ1) is 9.69. The summed E-state index contributed by atoms with van der Waals surface area (Å²) in [5, 5.41) is 0. The van der Waals surface area contributed by atoms with Crippen LogP contribution >= 0.6 is 0 Å². The SMILES string of the molecule is COc1ccc2c(c1)CCC(c1c(C)cccc1N)C2. The van der Waals surface area contributed by atoms with Crippen molar-refractivity contribution in [3.05, 3.63) is 58.7 Å². The lowest BCUT2D eigenvalue weighted by Crippen LogP contribution is -2.15. The van der Waals surface area contributed by atoms with Crippen molar-refractivity contribution in [2.45, 2.75) is 32.1 Å². The molecular weight excluding hydrogens is 246 g/mol. The van der Waals surface area contributed by atoms with Crippen LogP contribution in [0.15, 0.2) is 36.4 Å². The monoisotopic (exact) mass is 267 g/mol. The van der Waals surface area contributed by atoms with Crippen LogP contribution in [-0.2, 0) is 12.8 Å². The molecule has 0 fully saturated rings. The Hall–Kier alpha value is -1.96. The lowest BCUT2D eigenvalue weighted by molar-refractivity contribution is 0.413. The number of nitrogen functional groups attached to an aromatic ring is 1. The van der Waals surface area contributed by atoms with Crippen molar-refractivity contribution in [3.63, 3.8) is 0 Å². The molecule has 0 aromatic heterocycles. The van der Waals surface area contributed by atoms with Crippen LogP contribution in [0.4, 0.5) is 5.69 Å². The van der Waals surface area contributed by atoms with Gasteiger partial charge in [0.2, 0.25) is 0 Å². The molecule has 0 saturated carbocycles. The summed E-state index contributed by atoms with van der Waals surface area (Å²) in [7, 11) is 1.72. The van der Waals surface area contributed by atoms with Crippen LogP contribution in [0, 0.1) is 6.92 Å². The highest BCUT2D eigenvalue weighted by atomic mass is 16.5. The van der Waals surface area contributed by atoms with Gasteiger partial charge in [0.05, 0.1) is 7.11 Å². The summed E-state index contributed by atoms with van der Waals surface area (Å²) in [4.78, 5) is 0. The first kappa shape index (κ1) is 13.0. The molecule has 2 nitrogen and oxygen atoms in total. The molecule has 0 bridgehead atoms. The van der Waals surface area contributed by atoms with Crippen LogP contribution in [0.5, 0.6) is 5.75 Å². The number of ether oxygens (including phenoxy) is 1. The van der Waals surface area contributed by atoms with Gasteiger partial charge in [0.25, 0.3) is 0 Å². The van der Waals surface area contributed by atoms with E-state index in [1.54, 1.807) is 7.11 Å². The molecule has 2 aromatic carbocycles. The number of benzene rings is 2. The molecule has 1 unspecified atom stereocenters. The van der Waals surface area contributed by atoms with Crippen LogP contribution in [0.2, 0.25) is 0 Å². The van der Waals surface area contributed by atoms with Gasteiger partial charge in [0.15, 0.2) is 0 Å². The third-order valence-corrected chi connectivity index (χ3v) is 4.41. The summed E-state index contributed by atoms with van der Waals surface area (Å²) < 4.78 is 5.31. The van der Waals surface area contributed by atoms with Crippen molar-refractivity contribution in [2.75, 3.05) is 12.8 Å². The van der Waals surface area contributed by atoms with E-state index in [0.717, 1.165) is 30.7 Å². The van der Waals surface area contributed by atoms with Gasteiger partial charge in [0, 0.05) is 5.69 Å². The minimum Gasteiger partial charge on any atom is -0.497 e. The smallest absolute Gasteiger partial charge is 0.119 e. The van der Waals surface area contributed by atoms with E-state index in [4.69, 9.17) is 10.5 Å². The maximum atomic E-state index is 6.20. The predicted molar refractivity (Wildman–Crippen MR) is 83.4 cm³/mol. The van der Waals surface area contributed by atoms with E-state index in [2.05, 4.69) is 31.2 Å². The quantitative estimate of drug-likeness (QED) is 0.839. The van der Waals surface area contributed by atoms with Gasteiger partial charge in [-0.05, 0) is 72.6 Å². The van der Waals surface area contributed by atoms with Crippen LogP contribution in [0.3, 0.4) is 0 Å². The van der Waals surface area contributed by atoms with Crippen LogP contribution in [0.1, 0.15) is 34.6 Å². The second kappa shape index (κ2) is 5.20. The molecule has 0 spiro atoms. The van der Waals surface area contributed by atoms with Gasteiger partial charge in [-0.3, -0.25) is 0 Å². The molecular formula is C18H21NO. The molecule has 0 radical (unpaired) electrons. The molecule has 104 valence electrons. The Morgan fingerprint density at radius 2 is 2.00 bits per heavy atom. The van der Waals surface area contributed by atoms with E-state index in [0.29, 0.717) is 5.92 Å². The van der Waals surface area contributed by atoms with E-state index >= 15 is 0 Å². The zero-order valence-corrected chi connectivity index (χ0v) is 12.1. The average molecular weight is 267 g/mol. The summed E-state index contributed by atoms with van der Waals surface area (Å²) in [6.45, 7) is 2.16. The van der Waals surface area contributed by atoms with Crippen molar-refractivity contribution in [2.24, 2.45) is 0 Å². The predicted octanol–water partition coefficient (Wildman–Crippen LogP) is 3.86. The zero-order chi connectivity index (χ0) is 14.1. The number of nitrogens with two attached hydrogens (primary N) is 1. The van der Waals surface area contributed by atoms with E-state index in [1.807, 2.05) is 12.1 Å². The molecule has 1 aliphatic carbocycles. The van der Waals surface area contributed by atoms with Crippen molar-refractivity contribution < 1.29 is 4.74 Å². The number of methoxy groups -OCH3 is 1. The second-order valence-corrected chi connectivity index (χ2v) is 5.65. The van der Waals surface area contributed by atoms with E-state index < -0.39 is 0 Å². The van der Waals surface area contributed by atoms with Gasteiger partial charge >= 0.3 is 0 Å². The molecule has 0 amide bonds. The molecule has 0 heterocycles. The molecule has 2 heteroatoms. The van der Waals surface area contributed by atoms with E-state index in [-0.39, 0.29) is 0 Å². The number of fused-ring (bicyclic) bond motifs is 1. The number of hydrogen-bond acceptors (Lipinski definition) is 2. The Balaban J connectivity index is 1.92. The Kier molecular flexibility index (Phi) is 3.39. The molecule has 2 N–H and O–H groups in total. The summed E-state index contributed by atoms with van der Waals surface area (Å²) in [5.74, 6) is 1.50. The molecule has 1 aliphatic rings. The van der Waals surface area contributed by atoms with Crippen molar-refractivity contribution in [1.82, 2.24) is 0 Å². The van der Waals surface area contributed by atoms with Gasteiger partial charge in [-0.1, -0.05) is 18.2 Å². The Labute approximate surface area is 120 Å². The fraction of sp³-hybridized carbons (Fsp3) is 0.333. The van der Waals surface area contributed by atoms with Crippen LogP contribution < -0.4 is 10.5 Å². The number of anilines is 1. The summed E-state index contributed by atoms with van der Waals surface area (Å²) in [5.41, 5.74) is 12.6. The lowest BCUT2D eigenvalue weighted by atomic mass is 9.78. The Bertz CT molecular complexity index is 613. The van der Waals surface area contributed by atoms with Gasteiger partial charge in [-0.15, -0.1) is 0 Å². The maximum absolute atomic E-state index is 6.20. The summed E-state index contributed by atoms with van der Waals surface area (Å²) in [6.07, 6.45) is 3.34. The minimum absolute atomic E-state index is 0.539. The second-order valence-electron chi connectivity index (χ2n) is 5.65. The first-order valence-electron chi connectivity index (χ1n) is 7.20. The molecule has 2 aromatic rings. The van der Waals surface area contributed by atoms with E-state index in [1.165, 1.54) is 22.3 Å². The standard InChI is InChI=1S/C18H21NO/c1-12-4-3-5-17(19)18(12)15-7-6-14-11-16(20-2)9-8-13(14)10-15/h3-5,8-9,11,15H,6-7,10,19H2,1-2H3. The van der Waals surface area contributed by atoms with Crippen LogP contribution in [-0.4, -0.2) is 7.11 Å². The zero-order valence-electron chi connectivity index (χ0n) is 12.1. The largest absolute Gasteiger partial charge is 0.497 e. The molecule has 20 heavy (non-hydrogen) atoms. The summed E-state index contributed by atoms with van der Waals surface area (Å²) >= 11 is 0. The number of hydrogen-bond donors (Lipinski definition) is 1. The Morgan fingerprint density at radius 3 is 2.75 bits per heavy atom. The van der Waals surface area contributed by atoms with Gasteiger partial charge in [0.1, 0.15) is 5.75 Å². The number of aryl methyl sites for hydroxylation is 2. The number of rotatable bonds is 2. The summed E-state index contributed by atoms with van der Waals surface area (Å²) in [6, 6.07) is 12.7. The molecule has 1 atom stereocenters. The van der Waals surface area contributed by atoms with Gasteiger partial charge in [-0.25, -0.2) is 0 Å². The van der Waals surface area contributed by atoms with Gasteiger partial charge in [-0.2, -0.15) is 0 Å². The fourth-order valence-electron chi connectivity index (χ4n) is 3.37. The Morgan fingerprint density at radius 1 is 1.15 bits per heavy atom. The fourth-order valence-corrected chi connectivity index (χ4v) is 3.37. The minimum atomic E-state index is 0.539. The highest BCUT2D eigenvalue weighted by Gasteiger charge is 2.23. The third kappa shape index (κ3) is 2.26. The maximum Gasteiger partial charge on any atom is 0.119 e. The highest BCUT2D eigenvalue weighted by molar-refractivity contribution is 5.54. The van der Waals surface area contributed by atoms with Crippen molar-refractivity contribution in [3.8, 4) is 5.75 Å². The third-order valence-electron chi connectivity index (χ3n) is 4.41. The first-order valence-corrected chi connectivity index (χ1v) is 7.20. The topological polar surface area (TPSA) is 35.2 Å². The molecule has 0 saturated heterocycles. The highest BCUT2D eigenvalue weighted by Crippen LogP contribution is 2.37. The molecule has 0 aliphatic heterocycles. The average Bonchev–Trinajstić information content (AvgIpc) is 2.46. The lowest BCUT2D eigenvalue weighted by Gasteiger charge is -2.27. The van der Waals surface area contributed by atoms with Crippen molar-refractivity contribution >= 4 is 5.69 Å².